The average Bonchev–Trinajstić information content (AvgIpc) is 2.63. The van der Waals surface area contributed by atoms with Crippen molar-refractivity contribution in [2.75, 3.05) is 4.90 Å². The summed E-state index contributed by atoms with van der Waals surface area (Å²) in [4.78, 5) is 27.2. The van der Waals surface area contributed by atoms with Gasteiger partial charge in [0.25, 0.3) is 0 Å². The molecule has 0 fully saturated rings. The first kappa shape index (κ1) is 15.8. The highest BCUT2D eigenvalue weighted by atomic mass is 19.1. The Hall–Kier alpha value is -2.75. The van der Waals surface area contributed by atoms with E-state index in [1.807, 2.05) is 30.3 Å². The number of ketones is 1. The largest absolute Gasteiger partial charge is 0.294 e. The molecule has 0 spiro atoms. The van der Waals surface area contributed by atoms with E-state index in [1.54, 1.807) is 17.0 Å². The molecule has 1 heterocycles. The lowest BCUT2D eigenvalue weighted by Gasteiger charge is -2.38. The fourth-order valence-electron chi connectivity index (χ4n) is 3.85. The van der Waals surface area contributed by atoms with Crippen LogP contribution in [0.1, 0.15) is 37.2 Å². The first-order valence-electron chi connectivity index (χ1n) is 8.55. The van der Waals surface area contributed by atoms with Crippen molar-refractivity contribution in [3.63, 3.8) is 0 Å². The molecule has 3 nitrogen and oxygen atoms in total. The van der Waals surface area contributed by atoms with Crippen LogP contribution in [0.3, 0.4) is 0 Å². The Kier molecular flexibility index (Phi) is 3.96. The molecule has 126 valence electrons. The monoisotopic (exact) mass is 335 g/mol. The van der Waals surface area contributed by atoms with Crippen LogP contribution in [0.25, 0.3) is 0 Å². The van der Waals surface area contributed by atoms with Gasteiger partial charge in [0, 0.05) is 35.7 Å². The minimum atomic E-state index is -0.343. The molecular weight excluding hydrogens is 317 g/mol. The van der Waals surface area contributed by atoms with Gasteiger partial charge in [-0.15, -0.1) is 0 Å². The number of hydrogen-bond acceptors (Lipinski definition) is 2. The number of hydrogen-bond donors (Lipinski definition) is 0. The molecule has 0 unspecified atom stereocenters. The van der Waals surface area contributed by atoms with E-state index < -0.39 is 0 Å². The van der Waals surface area contributed by atoms with Gasteiger partial charge < -0.3 is 0 Å². The Balaban J connectivity index is 1.85. The number of benzene rings is 2. The molecule has 0 bridgehead atoms. The summed E-state index contributed by atoms with van der Waals surface area (Å²) in [7, 11) is 0. The number of allylic oxidation sites excluding steroid dienone is 2. The number of rotatable bonds is 2. The number of Topliss-reactive ketones (excluding diaryl/α,β-unsaturated/α-hetero) is 1. The number of carbonyl (C=O) groups excluding carboxylic acids is 2. The van der Waals surface area contributed by atoms with Crippen LogP contribution in [0.5, 0.6) is 0 Å². The SMILES string of the molecule is O=C1CCCC2=C1[C@@H](c1ccccc1)CC(=O)N2c1ccc(F)cc1. The fraction of sp³-hybridized carbons (Fsp3) is 0.238. The van der Waals surface area contributed by atoms with E-state index in [2.05, 4.69) is 0 Å². The van der Waals surface area contributed by atoms with Gasteiger partial charge in [0.15, 0.2) is 5.78 Å². The maximum absolute atomic E-state index is 13.3. The minimum Gasteiger partial charge on any atom is -0.294 e. The second-order valence-corrected chi connectivity index (χ2v) is 6.51. The first-order valence-corrected chi connectivity index (χ1v) is 8.55. The van der Waals surface area contributed by atoms with Crippen LogP contribution < -0.4 is 4.90 Å². The summed E-state index contributed by atoms with van der Waals surface area (Å²) in [5, 5.41) is 0. The molecule has 0 aromatic heterocycles. The number of amides is 1. The van der Waals surface area contributed by atoms with Gasteiger partial charge in [-0.05, 0) is 42.7 Å². The molecule has 4 rings (SSSR count). The molecule has 1 atom stereocenters. The lowest BCUT2D eigenvalue weighted by Crippen LogP contribution is -2.40. The number of nitrogens with zero attached hydrogens (tertiary/aromatic N) is 1. The van der Waals surface area contributed by atoms with Crippen LogP contribution in [-0.4, -0.2) is 11.7 Å². The van der Waals surface area contributed by atoms with Crippen LogP contribution in [-0.2, 0) is 9.59 Å². The summed E-state index contributed by atoms with van der Waals surface area (Å²) >= 11 is 0. The Bertz CT molecular complexity index is 855. The van der Waals surface area contributed by atoms with Gasteiger partial charge in [-0.3, -0.25) is 14.5 Å². The molecule has 2 aromatic carbocycles. The zero-order chi connectivity index (χ0) is 17.4. The zero-order valence-electron chi connectivity index (χ0n) is 13.7. The maximum Gasteiger partial charge on any atom is 0.232 e. The molecule has 4 heteroatoms. The summed E-state index contributed by atoms with van der Waals surface area (Å²) < 4.78 is 13.3. The Morgan fingerprint density at radius 2 is 1.64 bits per heavy atom. The molecule has 25 heavy (non-hydrogen) atoms. The second-order valence-electron chi connectivity index (χ2n) is 6.51. The Labute approximate surface area is 145 Å². The lowest BCUT2D eigenvalue weighted by atomic mass is 9.77. The van der Waals surface area contributed by atoms with E-state index in [4.69, 9.17) is 0 Å². The van der Waals surface area contributed by atoms with Gasteiger partial charge in [0.2, 0.25) is 5.91 Å². The van der Waals surface area contributed by atoms with Crippen molar-refractivity contribution in [3.05, 3.63) is 77.2 Å². The molecule has 1 aliphatic heterocycles. The van der Waals surface area contributed by atoms with Crippen molar-refractivity contribution in [2.24, 2.45) is 0 Å². The van der Waals surface area contributed by atoms with Crippen molar-refractivity contribution in [1.29, 1.82) is 0 Å². The quantitative estimate of drug-likeness (QED) is 0.818. The normalized spacial score (nSPS) is 20.7. The summed E-state index contributed by atoms with van der Waals surface area (Å²) in [5.41, 5.74) is 3.16. The Morgan fingerprint density at radius 1 is 0.920 bits per heavy atom. The smallest absolute Gasteiger partial charge is 0.232 e. The molecule has 2 aromatic rings. The highest BCUT2D eigenvalue weighted by Crippen LogP contribution is 2.43. The first-order chi connectivity index (χ1) is 12.1. The molecule has 0 N–H and O–H groups in total. The maximum atomic E-state index is 13.3. The van der Waals surface area contributed by atoms with Crippen LogP contribution in [0, 0.1) is 5.82 Å². The van der Waals surface area contributed by atoms with E-state index in [9.17, 15) is 14.0 Å². The summed E-state index contributed by atoms with van der Waals surface area (Å²) in [6.45, 7) is 0. The standard InChI is InChI=1S/C21H18FNO2/c22-15-9-11-16(12-10-15)23-18-7-4-8-19(24)21(18)17(13-20(23)25)14-5-2-1-3-6-14/h1-3,5-6,9-12,17H,4,7-8,13H2/t17-/m1/s1. The molecule has 0 saturated carbocycles. The number of carbonyl (C=O) groups is 2. The fourth-order valence-corrected chi connectivity index (χ4v) is 3.85. The highest BCUT2D eigenvalue weighted by molar-refractivity contribution is 6.07. The third-order valence-electron chi connectivity index (χ3n) is 4.96. The van der Waals surface area contributed by atoms with Gasteiger partial charge in [0.05, 0.1) is 0 Å². The lowest BCUT2D eigenvalue weighted by molar-refractivity contribution is -0.119. The predicted octanol–water partition coefficient (Wildman–Crippen LogP) is 4.35. The molecule has 0 radical (unpaired) electrons. The second kappa shape index (κ2) is 6.28. The average molecular weight is 335 g/mol. The highest BCUT2D eigenvalue weighted by Gasteiger charge is 2.39. The predicted molar refractivity (Wildman–Crippen MR) is 93.6 cm³/mol. The van der Waals surface area contributed by atoms with Crippen LogP contribution in [0.15, 0.2) is 65.9 Å². The van der Waals surface area contributed by atoms with Crippen molar-refractivity contribution >= 4 is 17.4 Å². The van der Waals surface area contributed by atoms with Crippen molar-refractivity contribution in [1.82, 2.24) is 0 Å². The van der Waals surface area contributed by atoms with Crippen LogP contribution in [0.4, 0.5) is 10.1 Å². The summed E-state index contributed by atoms with van der Waals surface area (Å²) in [5.74, 6) is -0.457. The van der Waals surface area contributed by atoms with Crippen molar-refractivity contribution in [3.8, 4) is 0 Å². The molecule has 0 saturated heterocycles. The number of anilines is 1. The van der Waals surface area contributed by atoms with Crippen molar-refractivity contribution < 1.29 is 14.0 Å². The summed E-state index contributed by atoms with van der Waals surface area (Å²) in [6, 6.07) is 15.6. The third-order valence-corrected chi connectivity index (χ3v) is 4.96. The van der Waals surface area contributed by atoms with E-state index in [0.717, 1.165) is 23.3 Å². The van der Waals surface area contributed by atoms with Gasteiger partial charge in [-0.1, -0.05) is 30.3 Å². The molecular formula is C21H18FNO2. The van der Waals surface area contributed by atoms with Gasteiger partial charge in [0.1, 0.15) is 5.82 Å². The van der Waals surface area contributed by atoms with Gasteiger partial charge in [-0.2, -0.15) is 0 Å². The van der Waals surface area contributed by atoms with Crippen LogP contribution in [0.2, 0.25) is 0 Å². The molecule has 1 aliphatic carbocycles. The minimum absolute atomic E-state index is 0.0473. The van der Waals surface area contributed by atoms with E-state index in [0.29, 0.717) is 18.5 Å². The molecule has 1 amide bonds. The van der Waals surface area contributed by atoms with Gasteiger partial charge in [-0.25, -0.2) is 4.39 Å². The van der Waals surface area contributed by atoms with Crippen LogP contribution >= 0.6 is 0 Å². The third kappa shape index (κ3) is 2.78. The topological polar surface area (TPSA) is 37.4 Å². The van der Waals surface area contributed by atoms with Gasteiger partial charge >= 0.3 is 0 Å². The van der Waals surface area contributed by atoms with Crippen molar-refractivity contribution in [2.45, 2.75) is 31.6 Å². The van der Waals surface area contributed by atoms with E-state index in [1.165, 1.54) is 12.1 Å². The zero-order valence-corrected chi connectivity index (χ0v) is 13.7. The summed E-state index contributed by atoms with van der Waals surface area (Å²) in [6.07, 6.45) is 2.21. The Morgan fingerprint density at radius 3 is 2.36 bits per heavy atom. The van der Waals surface area contributed by atoms with E-state index >= 15 is 0 Å². The van der Waals surface area contributed by atoms with E-state index in [-0.39, 0.29) is 29.8 Å². The number of halogens is 1. The molecule has 2 aliphatic rings.